The van der Waals surface area contributed by atoms with Crippen LogP contribution >= 0.6 is 0 Å². The maximum Gasteiger partial charge on any atom is 0.152 e. The van der Waals surface area contributed by atoms with Crippen molar-refractivity contribution in [2.75, 3.05) is 0 Å². The number of hydrogen-bond acceptors (Lipinski definition) is 1. The van der Waals surface area contributed by atoms with Crippen molar-refractivity contribution < 1.29 is 4.39 Å². The van der Waals surface area contributed by atoms with E-state index in [1.165, 1.54) is 0 Å². The van der Waals surface area contributed by atoms with Crippen molar-refractivity contribution in [2.45, 2.75) is 6.92 Å². The normalized spacial score (nSPS) is 11.4. The van der Waals surface area contributed by atoms with Crippen molar-refractivity contribution >= 4 is 10.9 Å². The predicted octanol–water partition coefficient (Wildman–Crippen LogP) is 3.13. The number of hydrogen-bond donors (Lipinski definition) is 0. The minimum atomic E-state index is -0.214. The molecule has 0 radical (unpaired) electrons. The summed E-state index contributed by atoms with van der Waals surface area (Å²) in [6, 6.07) is 7.55. The summed E-state index contributed by atoms with van der Waals surface area (Å²) in [5.74, 6) is -0.214. The first-order valence-electron chi connectivity index (χ1n) is 5.18. The molecule has 0 amide bonds. The largest absolute Gasteiger partial charge is 0.349 e. The monoisotopic (exact) mass is 214 g/mol. The zero-order chi connectivity index (χ0) is 11.3. The molecule has 0 unspecified atom stereocenters. The van der Waals surface area contributed by atoms with Crippen LogP contribution in [-0.2, 0) is 7.05 Å². The van der Waals surface area contributed by atoms with Crippen LogP contribution in [0.15, 0.2) is 30.5 Å². The molecule has 2 aliphatic rings. The highest BCUT2D eigenvalue weighted by atomic mass is 19.1. The molecule has 0 spiro atoms. The van der Waals surface area contributed by atoms with Gasteiger partial charge in [0.25, 0.3) is 0 Å². The van der Waals surface area contributed by atoms with Gasteiger partial charge < -0.3 is 4.57 Å². The number of aryl methyl sites for hydroxylation is 2. The SMILES string of the molecule is Cc1ccc2c3n(C)cccc-3nc2c1F. The van der Waals surface area contributed by atoms with Crippen molar-refractivity contribution in [3.05, 3.63) is 41.8 Å². The Balaban J connectivity index is 2.56. The Bertz CT molecular complexity index is 655. The molecule has 0 aromatic heterocycles. The molecule has 3 rings (SSSR count). The van der Waals surface area contributed by atoms with E-state index in [4.69, 9.17) is 0 Å². The first-order chi connectivity index (χ1) is 7.68. The number of halogens is 1. The molecular weight excluding hydrogens is 203 g/mol. The Hall–Kier alpha value is -1.90. The van der Waals surface area contributed by atoms with Crippen molar-refractivity contribution in [3.8, 4) is 11.4 Å². The third-order valence-corrected chi connectivity index (χ3v) is 2.96. The fraction of sp³-hybridized carbons (Fsp3) is 0.154. The molecule has 0 aliphatic carbocycles. The standard InChI is InChI=1S/C13H11FN2/c1-8-5-6-9-12(11(8)14)15-10-4-3-7-16(2)13(9)10/h3-7H,1-2H3. The molecule has 16 heavy (non-hydrogen) atoms. The van der Waals surface area contributed by atoms with Crippen LogP contribution in [0.1, 0.15) is 5.56 Å². The third-order valence-electron chi connectivity index (χ3n) is 2.96. The lowest BCUT2D eigenvalue weighted by atomic mass is 10.1. The van der Waals surface area contributed by atoms with Gasteiger partial charge in [0, 0.05) is 18.6 Å². The van der Waals surface area contributed by atoms with E-state index in [-0.39, 0.29) is 5.82 Å². The van der Waals surface area contributed by atoms with Gasteiger partial charge in [0.15, 0.2) is 5.82 Å². The van der Waals surface area contributed by atoms with Gasteiger partial charge in [-0.2, -0.15) is 0 Å². The number of aromatic nitrogens is 2. The quantitative estimate of drug-likeness (QED) is 0.562. The molecule has 80 valence electrons. The van der Waals surface area contributed by atoms with Crippen molar-refractivity contribution in [1.29, 1.82) is 0 Å². The van der Waals surface area contributed by atoms with Gasteiger partial charge in [-0.25, -0.2) is 9.37 Å². The molecule has 0 N–H and O–H groups in total. The topological polar surface area (TPSA) is 17.8 Å². The van der Waals surface area contributed by atoms with Gasteiger partial charge in [-0.3, -0.25) is 0 Å². The molecule has 0 saturated carbocycles. The maximum atomic E-state index is 13.9. The van der Waals surface area contributed by atoms with Crippen LogP contribution in [0.4, 0.5) is 4.39 Å². The van der Waals surface area contributed by atoms with E-state index < -0.39 is 0 Å². The number of rotatable bonds is 0. The minimum absolute atomic E-state index is 0.214. The zero-order valence-corrected chi connectivity index (χ0v) is 9.16. The molecule has 2 heterocycles. The summed E-state index contributed by atoms with van der Waals surface area (Å²) in [7, 11) is 1.95. The second-order valence-electron chi connectivity index (χ2n) is 4.06. The molecular formula is C13H11FN2. The van der Waals surface area contributed by atoms with Gasteiger partial charge in [-0.15, -0.1) is 0 Å². The first kappa shape index (κ1) is 9.33. The van der Waals surface area contributed by atoms with E-state index in [0.29, 0.717) is 11.1 Å². The molecule has 1 aromatic carbocycles. The van der Waals surface area contributed by atoms with Crippen LogP contribution in [0, 0.1) is 12.7 Å². The predicted molar refractivity (Wildman–Crippen MR) is 62.0 cm³/mol. The van der Waals surface area contributed by atoms with Gasteiger partial charge in [0.2, 0.25) is 0 Å². The Morgan fingerprint density at radius 2 is 2.06 bits per heavy atom. The van der Waals surface area contributed by atoms with Crippen LogP contribution in [-0.4, -0.2) is 9.55 Å². The summed E-state index contributed by atoms with van der Waals surface area (Å²) < 4.78 is 15.9. The summed E-state index contributed by atoms with van der Waals surface area (Å²) in [6.45, 7) is 1.76. The van der Waals surface area contributed by atoms with Crippen molar-refractivity contribution in [1.82, 2.24) is 9.55 Å². The summed E-state index contributed by atoms with van der Waals surface area (Å²) in [5, 5.41) is 0.876. The average molecular weight is 214 g/mol. The van der Waals surface area contributed by atoms with Crippen molar-refractivity contribution in [2.24, 2.45) is 7.05 Å². The van der Waals surface area contributed by atoms with E-state index in [1.54, 1.807) is 13.0 Å². The molecule has 3 heteroatoms. The fourth-order valence-electron chi connectivity index (χ4n) is 2.10. The second kappa shape index (κ2) is 3.04. The Morgan fingerprint density at radius 3 is 2.88 bits per heavy atom. The second-order valence-corrected chi connectivity index (χ2v) is 4.06. The van der Waals surface area contributed by atoms with Gasteiger partial charge in [-0.05, 0) is 24.6 Å². The fourth-order valence-corrected chi connectivity index (χ4v) is 2.10. The van der Waals surface area contributed by atoms with Crippen LogP contribution in [0.2, 0.25) is 0 Å². The highest BCUT2D eigenvalue weighted by Gasteiger charge is 2.16. The van der Waals surface area contributed by atoms with E-state index >= 15 is 0 Å². The van der Waals surface area contributed by atoms with E-state index in [2.05, 4.69) is 4.98 Å². The lowest BCUT2D eigenvalue weighted by Gasteiger charge is -2.05. The van der Waals surface area contributed by atoms with Crippen molar-refractivity contribution in [3.63, 3.8) is 0 Å². The molecule has 2 nitrogen and oxygen atoms in total. The van der Waals surface area contributed by atoms with Crippen LogP contribution in [0.3, 0.4) is 0 Å². The molecule has 0 atom stereocenters. The van der Waals surface area contributed by atoms with Crippen LogP contribution in [0.25, 0.3) is 22.3 Å². The zero-order valence-electron chi connectivity index (χ0n) is 9.16. The lowest BCUT2D eigenvalue weighted by molar-refractivity contribution is 0.628. The first-order valence-corrected chi connectivity index (χ1v) is 5.18. The summed E-state index contributed by atoms with van der Waals surface area (Å²) in [4.78, 5) is 4.34. The molecule has 1 aromatic rings. The third kappa shape index (κ3) is 1.08. The highest BCUT2D eigenvalue weighted by molar-refractivity contribution is 5.96. The Labute approximate surface area is 92.7 Å². The summed E-state index contributed by atoms with van der Waals surface area (Å²) in [6.07, 6.45) is 1.95. The van der Waals surface area contributed by atoms with Gasteiger partial charge in [0.05, 0.1) is 11.4 Å². The number of benzene rings is 1. The van der Waals surface area contributed by atoms with Crippen LogP contribution < -0.4 is 0 Å². The molecule has 2 aliphatic heterocycles. The summed E-state index contributed by atoms with van der Waals surface area (Å²) >= 11 is 0. The number of fused-ring (bicyclic) bond motifs is 3. The van der Waals surface area contributed by atoms with Crippen LogP contribution in [0.5, 0.6) is 0 Å². The van der Waals surface area contributed by atoms with E-state index in [0.717, 1.165) is 16.8 Å². The number of nitrogens with zero attached hydrogens (tertiary/aromatic N) is 2. The summed E-state index contributed by atoms with van der Waals surface area (Å²) in [5.41, 5.74) is 2.93. The van der Waals surface area contributed by atoms with Gasteiger partial charge >= 0.3 is 0 Å². The minimum Gasteiger partial charge on any atom is -0.349 e. The van der Waals surface area contributed by atoms with Gasteiger partial charge in [-0.1, -0.05) is 12.1 Å². The van der Waals surface area contributed by atoms with E-state index in [1.807, 2.05) is 36.0 Å². The molecule has 0 saturated heterocycles. The Morgan fingerprint density at radius 1 is 1.25 bits per heavy atom. The average Bonchev–Trinajstić information content (AvgIpc) is 2.64. The maximum absolute atomic E-state index is 13.9. The highest BCUT2D eigenvalue weighted by Crippen LogP contribution is 2.32. The molecule has 0 bridgehead atoms. The smallest absolute Gasteiger partial charge is 0.152 e. The molecule has 0 fully saturated rings. The number of pyridine rings is 1. The van der Waals surface area contributed by atoms with Gasteiger partial charge in [0.1, 0.15) is 5.52 Å². The Kier molecular flexibility index (Phi) is 1.78. The van der Waals surface area contributed by atoms with E-state index in [9.17, 15) is 4.39 Å². The lowest BCUT2D eigenvalue weighted by Crippen LogP contribution is -1.94.